The van der Waals surface area contributed by atoms with Gasteiger partial charge in [0.15, 0.2) is 11.5 Å². The van der Waals surface area contributed by atoms with Gasteiger partial charge in [0.1, 0.15) is 12.1 Å². The Hall–Kier alpha value is -4.03. The van der Waals surface area contributed by atoms with Crippen LogP contribution in [0.25, 0.3) is 17.8 Å². The van der Waals surface area contributed by atoms with Gasteiger partial charge in [-0.15, -0.1) is 5.10 Å². The summed E-state index contributed by atoms with van der Waals surface area (Å²) < 4.78 is 1.52. The molecule has 0 atom stereocenters. The molecular formula is C21H15N5O. The van der Waals surface area contributed by atoms with Gasteiger partial charge in [0.25, 0.3) is 0 Å². The molecule has 0 unspecified atom stereocenters. The second-order valence-corrected chi connectivity index (χ2v) is 5.92. The number of carbonyl (C=O) groups is 1. The van der Waals surface area contributed by atoms with Crippen LogP contribution in [-0.2, 0) is 0 Å². The molecule has 1 aromatic heterocycles. The summed E-state index contributed by atoms with van der Waals surface area (Å²) in [7, 11) is 0. The monoisotopic (exact) mass is 353 g/mol. The Balaban J connectivity index is 2.20. The summed E-state index contributed by atoms with van der Waals surface area (Å²) in [5.74, 6) is -0.186. The van der Waals surface area contributed by atoms with Crippen LogP contribution in [0.4, 0.5) is 0 Å². The summed E-state index contributed by atoms with van der Waals surface area (Å²) in [6.45, 7) is 3.17. The van der Waals surface area contributed by atoms with E-state index in [1.807, 2.05) is 54.6 Å². The molecule has 3 aromatic rings. The maximum atomic E-state index is 11.7. The molecule has 0 bridgehead atoms. The first kappa shape index (κ1) is 17.8. The second-order valence-electron chi connectivity index (χ2n) is 5.92. The van der Waals surface area contributed by atoms with Gasteiger partial charge in [-0.2, -0.15) is 10.5 Å². The van der Waals surface area contributed by atoms with E-state index in [2.05, 4.69) is 10.3 Å². The third-order valence-corrected chi connectivity index (χ3v) is 4.12. The van der Waals surface area contributed by atoms with Crippen LogP contribution in [0.15, 0.2) is 42.5 Å². The van der Waals surface area contributed by atoms with Gasteiger partial charge in [-0.25, -0.2) is 4.68 Å². The lowest BCUT2D eigenvalue weighted by molar-refractivity contribution is 0.101. The standard InChI is InChI=1S/C21H15N5O/c1-14-21(15(2)27)24-25-26(14)20-11-19(13-23)18(12-22)10-17(20)9-8-16-6-4-3-5-7-16/h3-11H,1-2H3. The minimum absolute atomic E-state index is 0.186. The van der Waals surface area contributed by atoms with Gasteiger partial charge >= 0.3 is 0 Å². The van der Waals surface area contributed by atoms with Crippen LogP contribution in [0.5, 0.6) is 0 Å². The van der Waals surface area contributed by atoms with Gasteiger partial charge in [-0.05, 0) is 24.6 Å². The summed E-state index contributed by atoms with van der Waals surface area (Å²) in [4.78, 5) is 11.7. The molecule has 0 fully saturated rings. The van der Waals surface area contributed by atoms with E-state index in [0.29, 0.717) is 16.9 Å². The van der Waals surface area contributed by atoms with Gasteiger partial charge < -0.3 is 0 Å². The Morgan fingerprint density at radius 2 is 1.74 bits per heavy atom. The van der Waals surface area contributed by atoms with Crippen LogP contribution in [0.3, 0.4) is 0 Å². The van der Waals surface area contributed by atoms with Crippen molar-refractivity contribution in [2.24, 2.45) is 0 Å². The van der Waals surface area contributed by atoms with Crippen LogP contribution < -0.4 is 0 Å². The van der Waals surface area contributed by atoms with Crippen molar-refractivity contribution >= 4 is 17.9 Å². The van der Waals surface area contributed by atoms with Crippen molar-refractivity contribution in [3.8, 4) is 17.8 Å². The van der Waals surface area contributed by atoms with Crippen molar-refractivity contribution in [1.29, 1.82) is 10.5 Å². The van der Waals surface area contributed by atoms with Gasteiger partial charge in [0.2, 0.25) is 0 Å². The quantitative estimate of drug-likeness (QED) is 0.526. The predicted molar refractivity (Wildman–Crippen MR) is 101 cm³/mol. The summed E-state index contributed by atoms with van der Waals surface area (Å²) in [6, 6.07) is 17.0. The highest BCUT2D eigenvalue weighted by molar-refractivity contribution is 5.93. The number of aromatic nitrogens is 3. The Morgan fingerprint density at radius 1 is 1.07 bits per heavy atom. The van der Waals surface area contributed by atoms with E-state index < -0.39 is 0 Å². The molecule has 0 saturated heterocycles. The molecule has 0 saturated carbocycles. The molecule has 0 amide bonds. The molecule has 130 valence electrons. The zero-order valence-electron chi connectivity index (χ0n) is 14.8. The molecule has 1 heterocycles. The molecule has 0 radical (unpaired) electrons. The van der Waals surface area contributed by atoms with E-state index in [4.69, 9.17) is 0 Å². The molecule has 0 spiro atoms. The van der Waals surface area contributed by atoms with Gasteiger partial charge in [-0.1, -0.05) is 47.7 Å². The fourth-order valence-electron chi connectivity index (χ4n) is 2.74. The number of ketones is 1. The topological polar surface area (TPSA) is 95.4 Å². The first-order chi connectivity index (χ1) is 13.0. The van der Waals surface area contributed by atoms with Crippen LogP contribution in [0.1, 0.15) is 45.4 Å². The van der Waals surface area contributed by atoms with Gasteiger partial charge in [-0.3, -0.25) is 4.79 Å². The molecule has 3 rings (SSSR count). The normalized spacial score (nSPS) is 10.5. The number of hydrogen-bond acceptors (Lipinski definition) is 5. The van der Waals surface area contributed by atoms with Crippen molar-refractivity contribution in [2.75, 3.05) is 0 Å². The average Bonchev–Trinajstić information content (AvgIpc) is 3.07. The van der Waals surface area contributed by atoms with Gasteiger partial charge in [0.05, 0.1) is 22.5 Å². The molecule has 0 aliphatic heterocycles. The number of carbonyl (C=O) groups excluding carboxylic acids is 1. The Kier molecular flexibility index (Phi) is 4.92. The Bertz CT molecular complexity index is 1130. The first-order valence-electron chi connectivity index (χ1n) is 8.20. The van der Waals surface area contributed by atoms with Crippen molar-refractivity contribution in [1.82, 2.24) is 15.0 Å². The van der Waals surface area contributed by atoms with Crippen molar-refractivity contribution in [3.05, 3.63) is 76.1 Å². The molecule has 0 N–H and O–H groups in total. The third kappa shape index (κ3) is 3.51. The minimum Gasteiger partial charge on any atom is -0.293 e. The number of benzene rings is 2. The fourth-order valence-corrected chi connectivity index (χ4v) is 2.74. The van der Waals surface area contributed by atoms with E-state index in [-0.39, 0.29) is 22.6 Å². The van der Waals surface area contributed by atoms with Crippen molar-refractivity contribution < 1.29 is 4.79 Å². The van der Waals surface area contributed by atoms with E-state index in [1.54, 1.807) is 19.1 Å². The number of nitriles is 2. The largest absolute Gasteiger partial charge is 0.293 e. The lowest BCUT2D eigenvalue weighted by Gasteiger charge is -2.10. The molecule has 27 heavy (non-hydrogen) atoms. The number of hydrogen-bond donors (Lipinski definition) is 0. The molecule has 6 nitrogen and oxygen atoms in total. The summed E-state index contributed by atoms with van der Waals surface area (Å²) in [5, 5.41) is 26.7. The number of Topliss-reactive ketones (excluding diaryl/α,β-unsaturated/α-hetero) is 1. The van der Waals surface area contributed by atoms with E-state index in [0.717, 1.165) is 5.56 Å². The fraction of sp³-hybridized carbons (Fsp3) is 0.0952. The van der Waals surface area contributed by atoms with Gasteiger partial charge in [0, 0.05) is 12.5 Å². The lowest BCUT2D eigenvalue weighted by Crippen LogP contribution is -2.04. The van der Waals surface area contributed by atoms with E-state index in [9.17, 15) is 15.3 Å². The summed E-state index contributed by atoms with van der Waals surface area (Å²) in [6.07, 6.45) is 3.76. The van der Waals surface area contributed by atoms with Crippen molar-refractivity contribution in [3.63, 3.8) is 0 Å². The molecule has 0 aliphatic carbocycles. The van der Waals surface area contributed by atoms with Crippen LogP contribution >= 0.6 is 0 Å². The van der Waals surface area contributed by atoms with E-state index in [1.165, 1.54) is 11.6 Å². The zero-order chi connectivity index (χ0) is 19.4. The SMILES string of the molecule is CC(=O)c1nnn(-c2cc(C#N)c(C#N)cc2C=Cc2ccccc2)c1C. The molecule has 2 aromatic carbocycles. The second kappa shape index (κ2) is 7.47. The lowest BCUT2D eigenvalue weighted by atomic mass is 10.0. The molecular weight excluding hydrogens is 338 g/mol. The number of rotatable bonds is 4. The predicted octanol–water partition coefficient (Wildman–Crippen LogP) is 3.69. The third-order valence-electron chi connectivity index (χ3n) is 4.12. The minimum atomic E-state index is -0.186. The van der Waals surface area contributed by atoms with Crippen LogP contribution in [0.2, 0.25) is 0 Å². The highest BCUT2D eigenvalue weighted by atomic mass is 16.1. The highest BCUT2D eigenvalue weighted by Gasteiger charge is 2.17. The summed E-state index contributed by atoms with van der Waals surface area (Å²) >= 11 is 0. The maximum absolute atomic E-state index is 11.7. The highest BCUT2D eigenvalue weighted by Crippen LogP contribution is 2.24. The average molecular weight is 353 g/mol. The molecule has 6 heteroatoms. The molecule has 0 aliphatic rings. The maximum Gasteiger partial charge on any atom is 0.181 e. The Morgan fingerprint density at radius 3 is 2.33 bits per heavy atom. The smallest absolute Gasteiger partial charge is 0.181 e. The number of nitrogens with zero attached hydrogens (tertiary/aromatic N) is 5. The van der Waals surface area contributed by atoms with Crippen LogP contribution in [0, 0.1) is 29.6 Å². The summed E-state index contributed by atoms with van der Waals surface area (Å²) in [5.41, 5.74) is 3.63. The van der Waals surface area contributed by atoms with Crippen molar-refractivity contribution in [2.45, 2.75) is 13.8 Å². The van der Waals surface area contributed by atoms with E-state index >= 15 is 0 Å². The van der Waals surface area contributed by atoms with Crippen LogP contribution in [-0.4, -0.2) is 20.8 Å². The first-order valence-corrected chi connectivity index (χ1v) is 8.20. The Labute approximate surface area is 156 Å². The zero-order valence-corrected chi connectivity index (χ0v) is 14.8.